The minimum Gasteiger partial charge on any atom is -0.463 e. The van der Waals surface area contributed by atoms with Crippen molar-refractivity contribution in [2.45, 2.75) is 51.5 Å². The van der Waals surface area contributed by atoms with E-state index in [4.69, 9.17) is 4.74 Å². The van der Waals surface area contributed by atoms with Crippen LogP contribution in [0.5, 0.6) is 0 Å². The zero-order valence-electron chi connectivity index (χ0n) is 14.9. The van der Waals surface area contributed by atoms with Gasteiger partial charge in [-0.2, -0.15) is 0 Å². The molecule has 1 aliphatic carbocycles. The van der Waals surface area contributed by atoms with Crippen LogP contribution >= 0.6 is 0 Å². The van der Waals surface area contributed by atoms with E-state index in [0.717, 1.165) is 5.84 Å². The first-order valence-corrected chi connectivity index (χ1v) is 8.45. The molecule has 2 rings (SSSR count). The van der Waals surface area contributed by atoms with E-state index in [1.807, 2.05) is 18.9 Å². The third-order valence-electron chi connectivity index (χ3n) is 4.46. The van der Waals surface area contributed by atoms with Crippen LogP contribution in [0.15, 0.2) is 40.8 Å². The molecule has 25 heavy (non-hydrogen) atoms. The zero-order valence-corrected chi connectivity index (χ0v) is 14.9. The molecule has 0 aromatic heterocycles. The highest BCUT2D eigenvalue weighted by atomic mass is 19.3. The quantitative estimate of drug-likeness (QED) is 0.608. The largest absolute Gasteiger partial charge is 0.463 e. The average molecular weight is 353 g/mol. The second-order valence-corrected chi connectivity index (χ2v) is 6.29. The van der Waals surface area contributed by atoms with Gasteiger partial charge in [0.25, 0.3) is 0 Å². The monoisotopic (exact) mass is 353 g/mol. The van der Waals surface area contributed by atoms with Crippen molar-refractivity contribution in [1.29, 1.82) is 0 Å². The Hall–Kier alpha value is -2.18. The van der Waals surface area contributed by atoms with E-state index in [1.165, 1.54) is 6.08 Å². The number of carbonyl (C=O) groups excluding carboxylic acids is 1. The van der Waals surface area contributed by atoms with Crippen LogP contribution in [0, 0.1) is 0 Å². The predicted octanol–water partition coefficient (Wildman–Crippen LogP) is 3.36. The van der Waals surface area contributed by atoms with Gasteiger partial charge in [0.1, 0.15) is 11.7 Å². The molecule has 1 aliphatic heterocycles. The Morgan fingerprint density at radius 1 is 1.48 bits per heavy atom. The van der Waals surface area contributed by atoms with Crippen LogP contribution in [-0.2, 0) is 9.53 Å². The summed E-state index contributed by atoms with van der Waals surface area (Å²) in [6.07, 6.45) is 3.42. The Bertz CT molecular complexity index is 628. The van der Waals surface area contributed by atoms with E-state index in [-0.39, 0.29) is 18.9 Å². The van der Waals surface area contributed by atoms with Crippen molar-refractivity contribution in [3.63, 3.8) is 0 Å². The van der Waals surface area contributed by atoms with Crippen molar-refractivity contribution in [1.82, 2.24) is 10.2 Å². The average Bonchev–Trinajstić information content (AvgIpc) is 2.54. The van der Waals surface area contributed by atoms with Gasteiger partial charge in [0.2, 0.25) is 5.92 Å². The summed E-state index contributed by atoms with van der Waals surface area (Å²) in [5.74, 6) is -1.74. The lowest BCUT2D eigenvalue weighted by Crippen LogP contribution is -2.39. The summed E-state index contributed by atoms with van der Waals surface area (Å²) in [4.78, 5) is 17.9. The molecule has 5 nitrogen and oxygen atoms in total. The Morgan fingerprint density at radius 3 is 2.72 bits per heavy atom. The third kappa shape index (κ3) is 4.90. The molecule has 1 fully saturated rings. The maximum Gasteiger partial charge on any atom is 0.330 e. The Morgan fingerprint density at radius 2 is 2.12 bits per heavy atom. The van der Waals surface area contributed by atoms with Gasteiger partial charge in [-0.05, 0) is 32.8 Å². The van der Waals surface area contributed by atoms with Crippen molar-refractivity contribution in [2.75, 3.05) is 13.7 Å². The number of nitrogens with one attached hydrogen (secondary N) is 1. The fourth-order valence-corrected chi connectivity index (χ4v) is 2.81. The summed E-state index contributed by atoms with van der Waals surface area (Å²) in [5, 5.41) is 3.25. The molecule has 0 radical (unpaired) electrons. The van der Waals surface area contributed by atoms with Crippen molar-refractivity contribution in [3.05, 3.63) is 35.8 Å². The van der Waals surface area contributed by atoms with E-state index in [0.29, 0.717) is 36.5 Å². The number of hydrogen-bond acceptors (Lipinski definition) is 5. The van der Waals surface area contributed by atoms with Crippen LogP contribution in [0.4, 0.5) is 8.78 Å². The van der Waals surface area contributed by atoms with Crippen LogP contribution in [0.25, 0.3) is 0 Å². The fourth-order valence-electron chi connectivity index (χ4n) is 2.81. The first-order valence-electron chi connectivity index (χ1n) is 8.45. The number of nitrogens with zero attached hydrogens (tertiary/aromatic N) is 2. The second-order valence-electron chi connectivity index (χ2n) is 6.29. The van der Waals surface area contributed by atoms with Gasteiger partial charge in [0.05, 0.1) is 6.61 Å². The van der Waals surface area contributed by atoms with Crippen molar-refractivity contribution < 1.29 is 18.3 Å². The number of alkyl halides is 2. The molecule has 1 N–H and O–H groups in total. The summed E-state index contributed by atoms with van der Waals surface area (Å²) in [5.41, 5.74) is 1.33. The van der Waals surface area contributed by atoms with Crippen LogP contribution < -0.4 is 5.32 Å². The molecule has 1 heterocycles. The zero-order chi connectivity index (χ0) is 18.6. The smallest absolute Gasteiger partial charge is 0.330 e. The van der Waals surface area contributed by atoms with E-state index in [9.17, 15) is 13.6 Å². The highest BCUT2D eigenvalue weighted by Crippen LogP contribution is 2.34. The molecule has 0 bridgehead atoms. The van der Waals surface area contributed by atoms with E-state index < -0.39 is 11.9 Å². The van der Waals surface area contributed by atoms with Gasteiger partial charge in [-0.1, -0.05) is 6.58 Å². The molecular formula is C18H25F2N3O2. The molecule has 0 unspecified atom stereocenters. The standard InChI is InChI=1S/C18H25F2N3O2/c1-5-25-16(24)7-6-15-12(2)23(4)13(3)21-17(15)22-14-8-10-18(19,20)11-9-14/h6-7,14,22H,2,5,8-11H2,1,3-4H3/b7-6+. The number of aliphatic imine (C=N–C) groups is 1. The van der Waals surface area contributed by atoms with Crippen LogP contribution in [0.1, 0.15) is 39.5 Å². The molecule has 0 aromatic carbocycles. The second kappa shape index (κ2) is 7.80. The normalized spacial score (nSPS) is 21.6. The molecule has 0 atom stereocenters. The first-order chi connectivity index (χ1) is 11.7. The fraction of sp³-hybridized carbons (Fsp3) is 0.556. The molecule has 0 saturated heterocycles. The number of halogens is 2. The lowest BCUT2D eigenvalue weighted by atomic mass is 9.92. The maximum absolute atomic E-state index is 13.3. The first kappa shape index (κ1) is 19.1. The van der Waals surface area contributed by atoms with E-state index in [1.54, 1.807) is 13.0 Å². The van der Waals surface area contributed by atoms with Crippen LogP contribution in [-0.4, -0.2) is 42.3 Å². The minimum absolute atomic E-state index is 0.0756. The topological polar surface area (TPSA) is 53.9 Å². The van der Waals surface area contributed by atoms with Gasteiger partial charge in [0, 0.05) is 43.3 Å². The Labute approximate surface area is 147 Å². The van der Waals surface area contributed by atoms with Gasteiger partial charge in [-0.3, -0.25) is 0 Å². The van der Waals surface area contributed by atoms with Crippen molar-refractivity contribution >= 4 is 11.8 Å². The van der Waals surface area contributed by atoms with E-state index >= 15 is 0 Å². The lowest BCUT2D eigenvalue weighted by Gasteiger charge is -2.33. The number of amidine groups is 1. The molecule has 2 aliphatic rings. The van der Waals surface area contributed by atoms with Crippen molar-refractivity contribution in [3.8, 4) is 0 Å². The highest BCUT2D eigenvalue weighted by Gasteiger charge is 2.35. The van der Waals surface area contributed by atoms with Crippen LogP contribution in [0.3, 0.4) is 0 Å². The minimum atomic E-state index is -2.57. The summed E-state index contributed by atoms with van der Waals surface area (Å²) in [6.45, 7) is 7.91. The van der Waals surface area contributed by atoms with Gasteiger partial charge >= 0.3 is 5.97 Å². The molecule has 1 saturated carbocycles. The molecule has 0 amide bonds. The molecule has 7 heteroatoms. The number of ether oxygens (including phenoxy) is 1. The molecular weight excluding hydrogens is 328 g/mol. The number of esters is 1. The summed E-state index contributed by atoms with van der Waals surface area (Å²) < 4.78 is 31.6. The number of rotatable bonds is 5. The van der Waals surface area contributed by atoms with Gasteiger partial charge in [0.15, 0.2) is 0 Å². The molecule has 138 valence electrons. The maximum atomic E-state index is 13.3. The third-order valence-corrected chi connectivity index (χ3v) is 4.46. The molecule has 0 spiro atoms. The Balaban J connectivity index is 2.21. The summed E-state index contributed by atoms with van der Waals surface area (Å²) >= 11 is 0. The number of hydrogen-bond donors (Lipinski definition) is 1. The summed E-state index contributed by atoms with van der Waals surface area (Å²) in [6, 6.07) is -0.0756. The van der Waals surface area contributed by atoms with Gasteiger partial charge < -0.3 is 15.0 Å². The number of allylic oxidation sites excluding steroid dienone is 1. The van der Waals surface area contributed by atoms with Gasteiger partial charge in [-0.15, -0.1) is 0 Å². The van der Waals surface area contributed by atoms with Crippen LogP contribution in [0.2, 0.25) is 0 Å². The summed E-state index contributed by atoms with van der Waals surface area (Å²) in [7, 11) is 1.83. The van der Waals surface area contributed by atoms with E-state index in [2.05, 4.69) is 16.9 Å². The Kier molecular flexibility index (Phi) is 5.98. The number of likely N-dealkylation sites (N-methyl/N-ethyl adjacent to an activating group) is 1. The predicted molar refractivity (Wildman–Crippen MR) is 93.1 cm³/mol. The lowest BCUT2D eigenvalue weighted by molar-refractivity contribution is -0.137. The van der Waals surface area contributed by atoms with Crippen molar-refractivity contribution in [2.24, 2.45) is 4.99 Å². The number of carbonyl (C=O) groups is 1. The SMILES string of the molecule is C=C1C(/C=C/C(=O)OCC)=C(NC2CCC(F)(F)CC2)N=C(C)N1C. The highest BCUT2D eigenvalue weighted by molar-refractivity contribution is 5.86. The van der Waals surface area contributed by atoms with Gasteiger partial charge in [-0.25, -0.2) is 18.6 Å². The molecule has 0 aromatic rings.